The van der Waals surface area contributed by atoms with Crippen LogP contribution in [0.2, 0.25) is 0 Å². The first-order valence-corrected chi connectivity index (χ1v) is 7.26. The van der Waals surface area contributed by atoms with Crippen molar-refractivity contribution in [2.75, 3.05) is 36.5 Å². The first kappa shape index (κ1) is 14.1. The van der Waals surface area contributed by atoms with Gasteiger partial charge in [0, 0.05) is 32.3 Å². The van der Waals surface area contributed by atoms with Crippen molar-refractivity contribution >= 4 is 11.6 Å². The zero-order chi connectivity index (χ0) is 13.5. The van der Waals surface area contributed by atoms with E-state index in [1.54, 1.807) is 6.33 Å². The molecule has 0 amide bonds. The highest BCUT2D eigenvalue weighted by atomic mass is 16.5. The number of anilines is 2. The Morgan fingerprint density at radius 1 is 1.42 bits per heavy atom. The molecule has 0 radical (unpaired) electrons. The monoisotopic (exact) mass is 264 g/mol. The lowest BCUT2D eigenvalue weighted by Crippen LogP contribution is -2.40. The normalized spacial score (nSPS) is 19.5. The number of piperidine rings is 1. The van der Waals surface area contributed by atoms with E-state index in [0.717, 1.165) is 57.1 Å². The number of ether oxygens (including phenoxy) is 1. The van der Waals surface area contributed by atoms with Crippen molar-refractivity contribution in [1.82, 2.24) is 9.97 Å². The number of rotatable bonds is 6. The Kier molecular flexibility index (Phi) is 5.39. The second-order valence-corrected chi connectivity index (χ2v) is 4.87. The number of hydrogen-bond acceptors (Lipinski definition) is 5. The molecule has 1 saturated heterocycles. The third-order valence-electron chi connectivity index (χ3n) is 3.27. The van der Waals surface area contributed by atoms with Crippen LogP contribution < -0.4 is 10.2 Å². The Hall–Kier alpha value is -1.36. The minimum absolute atomic E-state index is 0.339. The second-order valence-electron chi connectivity index (χ2n) is 4.87. The van der Waals surface area contributed by atoms with Gasteiger partial charge in [0.25, 0.3) is 0 Å². The standard InChI is InChI=1S/C14H24N4O/c1-3-8-19-12-6-5-7-18(10-12)14-9-13(15-4-2)16-11-17-14/h9,11-12H,3-8,10H2,1-2H3,(H,15,16,17). The van der Waals surface area contributed by atoms with Crippen molar-refractivity contribution in [3.63, 3.8) is 0 Å². The van der Waals surface area contributed by atoms with Gasteiger partial charge in [0.2, 0.25) is 0 Å². The summed E-state index contributed by atoms with van der Waals surface area (Å²) in [5, 5.41) is 3.22. The van der Waals surface area contributed by atoms with Crippen molar-refractivity contribution in [3.8, 4) is 0 Å². The molecule has 0 aliphatic carbocycles. The van der Waals surface area contributed by atoms with Gasteiger partial charge in [-0.25, -0.2) is 9.97 Å². The van der Waals surface area contributed by atoms with E-state index in [1.165, 1.54) is 0 Å². The smallest absolute Gasteiger partial charge is 0.134 e. The Bertz CT molecular complexity index is 385. The topological polar surface area (TPSA) is 50.3 Å². The molecule has 5 nitrogen and oxygen atoms in total. The summed E-state index contributed by atoms with van der Waals surface area (Å²) in [5.41, 5.74) is 0. The fourth-order valence-electron chi connectivity index (χ4n) is 2.36. The van der Waals surface area contributed by atoms with Gasteiger partial charge in [-0.2, -0.15) is 0 Å². The largest absolute Gasteiger partial charge is 0.376 e. The van der Waals surface area contributed by atoms with Crippen molar-refractivity contribution in [1.29, 1.82) is 0 Å². The van der Waals surface area contributed by atoms with E-state index in [2.05, 4.69) is 34.0 Å². The highest BCUT2D eigenvalue weighted by Gasteiger charge is 2.21. The molecular weight excluding hydrogens is 240 g/mol. The van der Waals surface area contributed by atoms with Gasteiger partial charge >= 0.3 is 0 Å². The van der Waals surface area contributed by atoms with Gasteiger partial charge in [0.05, 0.1) is 6.10 Å². The summed E-state index contributed by atoms with van der Waals surface area (Å²) in [6.45, 7) is 7.92. The molecular formula is C14H24N4O. The van der Waals surface area contributed by atoms with Gasteiger partial charge in [-0.1, -0.05) is 6.92 Å². The summed E-state index contributed by atoms with van der Waals surface area (Å²) in [7, 11) is 0. The summed E-state index contributed by atoms with van der Waals surface area (Å²) in [5.74, 6) is 1.89. The molecule has 19 heavy (non-hydrogen) atoms. The number of nitrogens with one attached hydrogen (secondary N) is 1. The molecule has 1 aromatic heterocycles. The molecule has 1 N–H and O–H groups in total. The summed E-state index contributed by atoms with van der Waals surface area (Å²) in [4.78, 5) is 10.9. The third kappa shape index (κ3) is 4.06. The van der Waals surface area contributed by atoms with E-state index in [9.17, 15) is 0 Å². The van der Waals surface area contributed by atoms with Crippen LogP contribution in [-0.4, -0.2) is 42.3 Å². The lowest BCUT2D eigenvalue weighted by atomic mass is 10.1. The van der Waals surface area contributed by atoms with Crippen LogP contribution in [0.3, 0.4) is 0 Å². The molecule has 1 aromatic rings. The van der Waals surface area contributed by atoms with Gasteiger partial charge in [-0.15, -0.1) is 0 Å². The summed E-state index contributed by atoms with van der Waals surface area (Å²) < 4.78 is 5.86. The predicted molar refractivity (Wildman–Crippen MR) is 77.7 cm³/mol. The Morgan fingerprint density at radius 2 is 2.32 bits per heavy atom. The molecule has 1 atom stereocenters. The Labute approximate surface area is 115 Å². The van der Waals surface area contributed by atoms with E-state index >= 15 is 0 Å². The minimum Gasteiger partial charge on any atom is -0.376 e. The van der Waals surface area contributed by atoms with Gasteiger partial charge in [-0.05, 0) is 26.2 Å². The fraction of sp³-hybridized carbons (Fsp3) is 0.714. The molecule has 1 aliphatic heterocycles. The number of aromatic nitrogens is 2. The fourth-order valence-corrected chi connectivity index (χ4v) is 2.36. The molecule has 0 bridgehead atoms. The van der Waals surface area contributed by atoms with E-state index < -0.39 is 0 Å². The molecule has 2 rings (SSSR count). The van der Waals surface area contributed by atoms with E-state index in [1.807, 2.05) is 6.07 Å². The van der Waals surface area contributed by atoms with E-state index in [0.29, 0.717) is 6.10 Å². The van der Waals surface area contributed by atoms with Crippen LogP contribution in [-0.2, 0) is 4.74 Å². The maximum absolute atomic E-state index is 5.86. The highest BCUT2D eigenvalue weighted by Crippen LogP contribution is 2.20. The van der Waals surface area contributed by atoms with Crippen LogP contribution in [0.25, 0.3) is 0 Å². The molecule has 5 heteroatoms. The molecule has 0 aromatic carbocycles. The maximum Gasteiger partial charge on any atom is 0.134 e. The van der Waals surface area contributed by atoms with Gasteiger partial charge in [0.1, 0.15) is 18.0 Å². The first-order valence-electron chi connectivity index (χ1n) is 7.26. The summed E-state index contributed by atoms with van der Waals surface area (Å²) >= 11 is 0. The van der Waals surface area contributed by atoms with Crippen LogP contribution in [0.1, 0.15) is 33.1 Å². The second kappa shape index (κ2) is 7.28. The SMILES string of the molecule is CCCOC1CCCN(c2cc(NCC)ncn2)C1. The minimum atomic E-state index is 0.339. The van der Waals surface area contributed by atoms with Crippen LogP contribution in [0.5, 0.6) is 0 Å². The lowest BCUT2D eigenvalue weighted by molar-refractivity contribution is 0.0439. The van der Waals surface area contributed by atoms with Crippen molar-refractivity contribution in [2.45, 2.75) is 39.2 Å². The van der Waals surface area contributed by atoms with E-state index in [-0.39, 0.29) is 0 Å². The number of nitrogens with zero attached hydrogens (tertiary/aromatic N) is 3. The van der Waals surface area contributed by atoms with Gasteiger partial charge in [-0.3, -0.25) is 0 Å². The van der Waals surface area contributed by atoms with Crippen LogP contribution in [0.4, 0.5) is 11.6 Å². The van der Waals surface area contributed by atoms with Gasteiger partial charge < -0.3 is 15.0 Å². The third-order valence-corrected chi connectivity index (χ3v) is 3.27. The predicted octanol–water partition coefficient (Wildman–Crippen LogP) is 2.30. The average molecular weight is 264 g/mol. The molecule has 0 spiro atoms. The molecule has 2 heterocycles. The summed E-state index contributed by atoms with van der Waals surface area (Å²) in [6, 6.07) is 2.02. The Balaban J connectivity index is 1.98. The quantitative estimate of drug-likeness (QED) is 0.854. The Morgan fingerprint density at radius 3 is 3.11 bits per heavy atom. The van der Waals surface area contributed by atoms with Crippen molar-refractivity contribution in [2.24, 2.45) is 0 Å². The van der Waals surface area contributed by atoms with Crippen LogP contribution in [0.15, 0.2) is 12.4 Å². The van der Waals surface area contributed by atoms with Crippen LogP contribution in [0, 0.1) is 0 Å². The van der Waals surface area contributed by atoms with E-state index in [4.69, 9.17) is 4.74 Å². The molecule has 1 fully saturated rings. The van der Waals surface area contributed by atoms with Gasteiger partial charge in [0.15, 0.2) is 0 Å². The zero-order valence-corrected chi connectivity index (χ0v) is 11.9. The molecule has 1 aliphatic rings. The summed E-state index contributed by atoms with van der Waals surface area (Å²) in [6.07, 6.45) is 5.36. The zero-order valence-electron chi connectivity index (χ0n) is 11.9. The first-order chi connectivity index (χ1) is 9.33. The molecule has 106 valence electrons. The van der Waals surface area contributed by atoms with Crippen molar-refractivity contribution in [3.05, 3.63) is 12.4 Å². The van der Waals surface area contributed by atoms with Crippen molar-refractivity contribution < 1.29 is 4.74 Å². The molecule has 0 saturated carbocycles. The van der Waals surface area contributed by atoms with Crippen LogP contribution >= 0.6 is 0 Å². The lowest BCUT2D eigenvalue weighted by Gasteiger charge is -2.33. The highest BCUT2D eigenvalue weighted by molar-refractivity contribution is 5.48. The average Bonchev–Trinajstić information content (AvgIpc) is 2.46. The number of hydrogen-bond donors (Lipinski definition) is 1. The molecule has 1 unspecified atom stereocenters. The maximum atomic E-state index is 5.86.